The molecule has 9 heteroatoms. The van der Waals surface area contributed by atoms with Gasteiger partial charge in [0.05, 0.1) is 25.2 Å². The minimum absolute atomic E-state index is 0.149. The molecule has 0 amide bonds. The van der Waals surface area contributed by atoms with Crippen molar-refractivity contribution in [2.45, 2.75) is 87.9 Å². The van der Waals surface area contributed by atoms with Crippen molar-refractivity contribution in [3.8, 4) is 0 Å². The molecule has 0 aliphatic carbocycles. The van der Waals surface area contributed by atoms with Crippen molar-refractivity contribution in [3.05, 3.63) is 24.3 Å². The van der Waals surface area contributed by atoms with Crippen molar-refractivity contribution in [1.29, 1.82) is 0 Å². The van der Waals surface area contributed by atoms with E-state index in [0.29, 0.717) is 25.4 Å². The van der Waals surface area contributed by atoms with Crippen LogP contribution in [0.4, 0.5) is 0 Å². The fraction of sp³-hybridized carbons (Fsp3) is 0.667. The molecule has 0 aliphatic heterocycles. The van der Waals surface area contributed by atoms with E-state index in [4.69, 9.17) is 0 Å². The van der Waals surface area contributed by atoms with Crippen molar-refractivity contribution in [3.63, 3.8) is 0 Å². The zero-order chi connectivity index (χ0) is 25.7. The second-order valence-electron chi connectivity index (χ2n) is 6.80. The zero-order valence-corrected chi connectivity index (χ0v) is 23.4. The zero-order valence-electron chi connectivity index (χ0n) is 20.6. The van der Waals surface area contributed by atoms with Crippen LogP contribution in [0, 0.1) is 0 Å². The second kappa shape index (κ2) is 30.2. The van der Waals surface area contributed by atoms with Crippen LogP contribution in [0.2, 0.25) is 8.87 Å². The van der Waals surface area contributed by atoms with Crippen LogP contribution in [-0.4, -0.2) is 58.2 Å². The maximum absolute atomic E-state index is 10.6. The topological polar surface area (TPSA) is 133 Å². The van der Waals surface area contributed by atoms with Gasteiger partial charge in [0, 0.05) is 12.2 Å². The SMILES string of the molecule is CCCCOC(=O)/C=C/C(=O)[O-].CCCCOC(=O)/C=C/C(=O)[O-].CCC[CH2][Sn+2][CH2]CCC. The number of carboxylic acid groups (broad SMARTS) is 2. The summed E-state index contributed by atoms with van der Waals surface area (Å²) in [6, 6.07) is 0. The average molecular weight is 575 g/mol. The van der Waals surface area contributed by atoms with Crippen LogP contribution in [0.15, 0.2) is 24.3 Å². The molecule has 0 fully saturated rings. The first-order valence-electron chi connectivity index (χ1n) is 11.6. The predicted molar refractivity (Wildman–Crippen MR) is 125 cm³/mol. The molecule has 0 atom stereocenters. The van der Waals surface area contributed by atoms with Crippen molar-refractivity contribution >= 4 is 45.0 Å². The van der Waals surface area contributed by atoms with Gasteiger partial charge in [-0.3, -0.25) is 0 Å². The van der Waals surface area contributed by atoms with Crippen molar-refractivity contribution in [2.24, 2.45) is 0 Å². The van der Waals surface area contributed by atoms with E-state index in [0.717, 1.165) is 37.8 Å². The van der Waals surface area contributed by atoms with E-state index < -0.39 is 23.9 Å². The molecule has 0 unspecified atom stereocenters. The normalized spacial score (nSPS) is 9.82. The Balaban J connectivity index is -0.000000414. The molecule has 0 saturated heterocycles. The van der Waals surface area contributed by atoms with E-state index in [-0.39, 0.29) is 21.1 Å². The van der Waals surface area contributed by atoms with Gasteiger partial charge in [-0.15, -0.1) is 0 Å². The third-order valence-electron chi connectivity index (χ3n) is 3.61. The molecule has 0 aromatic carbocycles. The fourth-order valence-electron chi connectivity index (χ4n) is 1.73. The predicted octanol–water partition coefficient (Wildman–Crippen LogP) is 2.40. The van der Waals surface area contributed by atoms with Crippen LogP contribution in [0.25, 0.3) is 0 Å². The summed E-state index contributed by atoms with van der Waals surface area (Å²) in [5.74, 6) is -4.09. The number of carboxylic acids is 2. The Morgan fingerprint density at radius 3 is 1.21 bits per heavy atom. The number of hydrogen-bond acceptors (Lipinski definition) is 8. The number of esters is 2. The second-order valence-corrected chi connectivity index (χ2v) is 11.1. The van der Waals surface area contributed by atoms with Crippen LogP contribution in [0.5, 0.6) is 0 Å². The van der Waals surface area contributed by atoms with Crippen LogP contribution >= 0.6 is 0 Å². The van der Waals surface area contributed by atoms with Gasteiger partial charge in [0.2, 0.25) is 0 Å². The molecule has 8 nitrogen and oxygen atoms in total. The molecule has 0 spiro atoms. The summed E-state index contributed by atoms with van der Waals surface area (Å²) in [5, 5.41) is 19.7. The molecular weight excluding hydrogens is 535 g/mol. The van der Waals surface area contributed by atoms with E-state index in [1.165, 1.54) is 25.7 Å². The number of ether oxygens (including phenoxy) is 2. The van der Waals surface area contributed by atoms with E-state index in [9.17, 15) is 29.4 Å². The van der Waals surface area contributed by atoms with Gasteiger partial charge in [-0.1, -0.05) is 26.7 Å². The van der Waals surface area contributed by atoms with Gasteiger partial charge in [-0.2, -0.15) is 0 Å². The Hall–Kier alpha value is -1.84. The van der Waals surface area contributed by atoms with Gasteiger partial charge < -0.3 is 29.3 Å². The Morgan fingerprint density at radius 1 is 0.606 bits per heavy atom. The van der Waals surface area contributed by atoms with E-state index >= 15 is 0 Å². The van der Waals surface area contributed by atoms with E-state index in [1.54, 1.807) is 8.87 Å². The summed E-state index contributed by atoms with van der Waals surface area (Å²) in [6.07, 6.45) is 12.2. The van der Waals surface area contributed by atoms with Gasteiger partial charge in [0.1, 0.15) is 0 Å². The van der Waals surface area contributed by atoms with Crippen molar-refractivity contribution < 1.29 is 38.9 Å². The Kier molecular flexibility index (Phi) is 32.7. The van der Waals surface area contributed by atoms with E-state index in [1.807, 2.05) is 13.8 Å². The molecule has 0 radical (unpaired) electrons. The summed E-state index contributed by atoms with van der Waals surface area (Å²) < 4.78 is 12.5. The first-order chi connectivity index (χ1) is 15.7. The Morgan fingerprint density at radius 2 is 0.939 bits per heavy atom. The number of hydrogen-bond donors (Lipinski definition) is 0. The van der Waals surface area contributed by atoms with Crippen LogP contribution < -0.4 is 10.2 Å². The first kappa shape index (κ1) is 35.7. The molecule has 188 valence electrons. The average Bonchev–Trinajstić information content (AvgIpc) is 2.77. The van der Waals surface area contributed by atoms with Gasteiger partial charge >= 0.3 is 81.5 Å². The summed E-state index contributed by atoms with van der Waals surface area (Å²) in [7, 11) is 0. The van der Waals surface area contributed by atoms with Gasteiger partial charge in [0.15, 0.2) is 0 Å². The molecule has 0 heterocycles. The third kappa shape index (κ3) is 41.0. The van der Waals surface area contributed by atoms with Gasteiger partial charge in [0.25, 0.3) is 0 Å². The van der Waals surface area contributed by atoms with Crippen LogP contribution in [0.3, 0.4) is 0 Å². The quantitative estimate of drug-likeness (QED) is 0.119. The maximum atomic E-state index is 10.6. The first-order valence-corrected chi connectivity index (χ1v) is 15.6. The number of unbranched alkanes of at least 4 members (excludes halogenated alkanes) is 4. The summed E-state index contributed by atoms with van der Waals surface area (Å²) in [5.41, 5.74) is 0. The van der Waals surface area contributed by atoms with Crippen molar-refractivity contribution in [2.75, 3.05) is 13.2 Å². The Labute approximate surface area is 209 Å². The third-order valence-corrected chi connectivity index (χ3v) is 7.65. The molecule has 0 aromatic rings. The van der Waals surface area contributed by atoms with Crippen LogP contribution in [0.1, 0.15) is 79.1 Å². The molecule has 0 saturated carbocycles. The van der Waals surface area contributed by atoms with Crippen molar-refractivity contribution in [1.82, 2.24) is 0 Å². The molecule has 0 N–H and O–H groups in total. The number of carbonyl (C=O) groups excluding carboxylic acids is 4. The van der Waals surface area contributed by atoms with Gasteiger partial charge in [-0.25, -0.2) is 9.59 Å². The summed E-state index contributed by atoms with van der Waals surface area (Å²) >= 11 is 0.149. The number of carbonyl (C=O) groups is 4. The monoisotopic (exact) mass is 576 g/mol. The van der Waals surface area contributed by atoms with E-state index in [2.05, 4.69) is 23.3 Å². The fourth-order valence-corrected chi connectivity index (χ4v) is 5.89. The molecule has 33 heavy (non-hydrogen) atoms. The number of rotatable bonds is 16. The summed E-state index contributed by atoms with van der Waals surface area (Å²) in [6.45, 7) is 9.16. The minimum atomic E-state index is -1.40. The molecule has 0 rings (SSSR count). The summed E-state index contributed by atoms with van der Waals surface area (Å²) in [4.78, 5) is 40.9. The molecular formula is C24H40O8Sn. The van der Waals surface area contributed by atoms with Crippen LogP contribution in [-0.2, 0) is 28.7 Å². The number of aliphatic carboxylic acids is 2. The Bertz CT molecular complexity index is 511. The molecule has 0 bridgehead atoms. The molecule has 0 aliphatic rings. The van der Waals surface area contributed by atoms with Gasteiger partial charge in [-0.05, 0) is 25.0 Å². The standard InChI is InChI=1S/2C8H12O4.2C4H9.Sn/c2*1-2-3-6-12-8(11)5-4-7(9)10;2*1-3-4-2;/h2*4-5H,2-3,6H2,1H3,(H,9,10);2*1,3-4H2,2H3;/q;;;;+2/p-2/b2*5-4+;;;. The molecule has 0 aromatic heterocycles.